The van der Waals surface area contributed by atoms with Crippen molar-refractivity contribution < 1.29 is 18.7 Å². The maximum atomic E-state index is 13.7. The Morgan fingerprint density at radius 1 is 1.00 bits per heavy atom. The Hall–Kier alpha value is -3.85. The summed E-state index contributed by atoms with van der Waals surface area (Å²) in [6.45, 7) is 4.91. The zero-order chi connectivity index (χ0) is 26.2. The van der Waals surface area contributed by atoms with Gasteiger partial charge in [0.1, 0.15) is 12.4 Å². The van der Waals surface area contributed by atoms with Gasteiger partial charge in [-0.2, -0.15) is 0 Å². The Balaban J connectivity index is 1.37. The van der Waals surface area contributed by atoms with E-state index in [1.54, 1.807) is 11.0 Å². The molecule has 4 rings (SSSR count). The molecule has 8 nitrogen and oxygen atoms in total. The van der Waals surface area contributed by atoms with E-state index in [1.165, 1.54) is 35.8 Å². The third kappa shape index (κ3) is 6.89. The third-order valence-corrected chi connectivity index (χ3v) is 6.42. The van der Waals surface area contributed by atoms with Gasteiger partial charge in [-0.25, -0.2) is 4.39 Å². The number of methoxy groups -OCH3 is 1. The molecule has 0 aliphatic carbocycles. The summed E-state index contributed by atoms with van der Waals surface area (Å²) >= 11 is 0. The van der Waals surface area contributed by atoms with Crippen molar-refractivity contribution in [3.05, 3.63) is 77.6 Å². The van der Waals surface area contributed by atoms with Crippen LogP contribution in [0, 0.1) is 12.7 Å². The Labute approximate surface area is 216 Å². The molecule has 37 heavy (non-hydrogen) atoms. The zero-order valence-electron chi connectivity index (χ0n) is 21.3. The molecule has 0 N–H and O–H groups in total. The number of amides is 2. The average Bonchev–Trinajstić information content (AvgIpc) is 3.18. The van der Waals surface area contributed by atoms with E-state index in [2.05, 4.69) is 15.1 Å². The van der Waals surface area contributed by atoms with Gasteiger partial charge in [-0.3, -0.25) is 9.59 Å². The van der Waals surface area contributed by atoms with E-state index >= 15 is 0 Å². The van der Waals surface area contributed by atoms with Crippen LogP contribution in [0.15, 0.2) is 60.7 Å². The van der Waals surface area contributed by atoms with E-state index in [1.807, 2.05) is 43.3 Å². The van der Waals surface area contributed by atoms with Crippen LogP contribution in [0.4, 0.5) is 10.2 Å². The second kappa shape index (κ2) is 12.4. The summed E-state index contributed by atoms with van der Waals surface area (Å²) in [4.78, 5) is 31.5. The van der Waals surface area contributed by atoms with Crippen LogP contribution in [0.3, 0.4) is 0 Å². The maximum Gasteiger partial charge on any atom is 0.254 e. The number of halogens is 1. The smallest absolute Gasteiger partial charge is 0.254 e. The first-order valence-corrected chi connectivity index (χ1v) is 12.4. The highest BCUT2D eigenvalue weighted by Gasteiger charge is 2.25. The lowest BCUT2D eigenvalue weighted by molar-refractivity contribution is -0.131. The van der Waals surface area contributed by atoms with Crippen molar-refractivity contribution in [1.82, 2.24) is 20.0 Å². The molecule has 0 unspecified atom stereocenters. The van der Waals surface area contributed by atoms with Gasteiger partial charge in [0.05, 0.1) is 12.3 Å². The summed E-state index contributed by atoms with van der Waals surface area (Å²) in [5.41, 5.74) is 3.23. The summed E-state index contributed by atoms with van der Waals surface area (Å²) in [7, 11) is 1.53. The summed E-state index contributed by atoms with van der Waals surface area (Å²) in [6.07, 6.45) is 0.767. The molecular weight excluding hydrogens is 473 g/mol. The summed E-state index contributed by atoms with van der Waals surface area (Å²) in [5.74, 6) is -0.270. The van der Waals surface area contributed by atoms with Gasteiger partial charge in [-0.1, -0.05) is 35.9 Å². The zero-order valence-corrected chi connectivity index (χ0v) is 21.3. The molecule has 1 aliphatic heterocycles. The first kappa shape index (κ1) is 26.2. The van der Waals surface area contributed by atoms with Crippen molar-refractivity contribution in [2.75, 3.05) is 57.9 Å². The number of aromatic nitrogens is 2. The van der Waals surface area contributed by atoms with Gasteiger partial charge in [0.15, 0.2) is 5.82 Å². The normalized spacial score (nSPS) is 13.8. The molecule has 2 aromatic carbocycles. The van der Waals surface area contributed by atoms with Crippen molar-refractivity contribution in [2.45, 2.75) is 13.3 Å². The van der Waals surface area contributed by atoms with Gasteiger partial charge >= 0.3 is 0 Å². The second-order valence-electron chi connectivity index (χ2n) is 9.09. The van der Waals surface area contributed by atoms with Gasteiger partial charge in [-0.05, 0) is 43.7 Å². The number of hydrogen-bond acceptors (Lipinski definition) is 6. The lowest BCUT2D eigenvalue weighted by Gasteiger charge is -2.27. The van der Waals surface area contributed by atoms with Crippen molar-refractivity contribution in [3.63, 3.8) is 0 Å². The first-order chi connectivity index (χ1) is 17.9. The molecule has 0 bridgehead atoms. The minimum atomic E-state index is -0.494. The van der Waals surface area contributed by atoms with Gasteiger partial charge in [0.25, 0.3) is 5.91 Å². The SMILES string of the molecule is COCCN(CC(=O)N1CCCN(c2ccc(-c3ccc(C)cc3)nn2)CC1)C(=O)c1cccc(F)c1. The van der Waals surface area contributed by atoms with Crippen LogP contribution in [-0.4, -0.2) is 84.8 Å². The maximum absolute atomic E-state index is 13.7. The molecule has 0 radical (unpaired) electrons. The predicted molar refractivity (Wildman–Crippen MR) is 140 cm³/mol. The van der Waals surface area contributed by atoms with E-state index in [-0.39, 0.29) is 31.2 Å². The first-order valence-electron chi connectivity index (χ1n) is 12.4. The van der Waals surface area contributed by atoms with Crippen LogP contribution in [0.5, 0.6) is 0 Å². The van der Waals surface area contributed by atoms with Crippen LogP contribution in [-0.2, 0) is 9.53 Å². The Morgan fingerprint density at radius 3 is 2.51 bits per heavy atom. The van der Waals surface area contributed by atoms with E-state index in [0.717, 1.165) is 30.0 Å². The van der Waals surface area contributed by atoms with Crippen molar-refractivity contribution in [1.29, 1.82) is 0 Å². The third-order valence-electron chi connectivity index (χ3n) is 6.42. The van der Waals surface area contributed by atoms with Crippen molar-refractivity contribution >= 4 is 17.6 Å². The molecule has 0 atom stereocenters. The fraction of sp³-hybridized carbons (Fsp3) is 0.357. The summed E-state index contributed by atoms with van der Waals surface area (Å²) in [6, 6.07) is 17.6. The number of nitrogens with zero attached hydrogens (tertiary/aromatic N) is 5. The number of rotatable bonds is 8. The molecule has 0 spiro atoms. The topological polar surface area (TPSA) is 78.9 Å². The van der Waals surface area contributed by atoms with Gasteiger partial charge in [-0.15, -0.1) is 10.2 Å². The Kier molecular flexibility index (Phi) is 8.79. The largest absolute Gasteiger partial charge is 0.383 e. The monoisotopic (exact) mass is 505 g/mol. The molecule has 1 fully saturated rings. The van der Waals surface area contributed by atoms with Gasteiger partial charge < -0.3 is 19.4 Å². The lowest BCUT2D eigenvalue weighted by atomic mass is 10.1. The Bertz CT molecular complexity index is 1200. The highest BCUT2D eigenvalue weighted by Crippen LogP contribution is 2.20. The highest BCUT2D eigenvalue weighted by atomic mass is 19.1. The van der Waals surface area contributed by atoms with Gasteiger partial charge in [0.2, 0.25) is 5.91 Å². The number of aryl methyl sites for hydroxylation is 1. The van der Waals surface area contributed by atoms with E-state index in [4.69, 9.17) is 4.74 Å². The minimum Gasteiger partial charge on any atom is -0.383 e. The molecular formula is C28H32FN5O3. The molecule has 194 valence electrons. The number of ether oxygens (including phenoxy) is 1. The summed E-state index contributed by atoms with van der Waals surface area (Å²) in [5, 5.41) is 8.84. The fourth-order valence-corrected chi connectivity index (χ4v) is 4.29. The molecule has 3 aromatic rings. The number of carbonyl (C=O) groups is 2. The second-order valence-corrected chi connectivity index (χ2v) is 9.09. The molecule has 2 amide bonds. The van der Waals surface area contributed by atoms with Crippen LogP contribution < -0.4 is 4.90 Å². The molecule has 1 saturated heterocycles. The van der Waals surface area contributed by atoms with E-state index in [9.17, 15) is 14.0 Å². The van der Waals surface area contributed by atoms with Crippen molar-refractivity contribution in [3.8, 4) is 11.3 Å². The van der Waals surface area contributed by atoms with Crippen molar-refractivity contribution in [2.24, 2.45) is 0 Å². The minimum absolute atomic E-state index is 0.0935. The molecule has 1 aliphatic rings. The number of anilines is 1. The van der Waals surface area contributed by atoms with Gasteiger partial charge in [0, 0.05) is 51.0 Å². The van der Waals surface area contributed by atoms with E-state index in [0.29, 0.717) is 19.6 Å². The summed E-state index contributed by atoms with van der Waals surface area (Å²) < 4.78 is 18.8. The quantitative estimate of drug-likeness (QED) is 0.467. The van der Waals surface area contributed by atoms with Crippen LogP contribution in [0.2, 0.25) is 0 Å². The number of hydrogen-bond donors (Lipinski definition) is 0. The highest BCUT2D eigenvalue weighted by molar-refractivity contribution is 5.96. The predicted octanol–water partition coefficient (Wildman–Crippen LogP) is 3.42. The van der Waals surface area contributed by atoms with Crippen LogP contribution >= 0.6 is 0 Å². The molecule has 0 saturated carbocycles. The van der Waals surface area contributed by atoms with Crippen LogP contribution in [0.25, 0.3) is 11.3 Å². The fourth-order valence-electron chi connectivity index (χ4n) is 4.29. The lowest BCUT2D eigenvalue weighted by Crippen LogP contribution is -2.45. The molecule has 9 heteroatoms. The molecule has 1 aromatic heterocycles. The number of carbonyl (C=O) groups excluding carboxylic acids is 2. The molecule has 2 heterocycles. The Morgan fingerprint density at radius 2 is 1.81 bits per heavy atom. The average molecular weight is 506 g/mol. The number of benzene rings is 2. The standard InChI is InChI=1S/C28H32FN5O3/c1-21-7-9-22(10-8-21)25-11-12-26(31-30-25)32-13-4-14-33(16-15-32)27(35)20-34(17-18-37-2)28(36)23-5-3-6-24(29)19-23/h3,5-12,19H,4,13-18,20H2,1-2H3. The van der Waals surface area contributed by atoms with E-state index < -0.39 is 11.7 Å². The van der Waals surface area contributed by atoms with Crippen LogP contribution in [0.1, 0.15) is 22.3 Å².